The van der Waals surface area contributed by atoms with E-state index in [1.54, 1.807) is 0 Å². The summed E-state index contributed by atoms with van der Waals surface area (Å²) < 4.78 is 3.46. The molecule has 0 bridgehead atoms. The number of nitrogens with zero attached hydrogens (tertiary/aromatic N) is 1. The van der Waals surface area contributed by atoms with Gasteiger partial charge in [-0.25, -0.2) is 0 Å². The Morgan fingerprint density at radius 1 is 0.810 bits per heavy atom. The maximum Gasteiger partial charge on any atom is 0.0600 e. The molecule has 2 heteroatoms. The average Bonchev–Trinajstić information content (AvgIpc) is 2.93. The second-order valence-corrected chi connectivity index (χ2v) is 6.31. The van der Waals surface area contributed by atoms with Gasteiger partial charge < -0.3 is 4.57 Å². The molecule has 0 saturated carbocycles. The minimum atomic E-state index is 0.467. The van der Waals surface area contributed by atoms with Crippen LogP contribution in [-0.2, 0) is 0 Å². The Kier molecular flexibility index (Phi) is 3.98. The van der Waals surface area contributed by atoms with Gasteiger partial charge in [-0.05, 0) is 51.7 Å². The first kappa shape index (κ1) is 14.2. The van der Waals surface area contributed by atoms with Crippen molar-refractivity contribution in [1.82, 2.24) is 4.57 Å². The Labute approximate surface area is 134 Å². The summed E-state index contributed by atoms with van der Waals surface area (Å²) in [4.78, 5) is 0. The van der Waals surface area contributed by atoms with Crippen LogP contribution < -0.4 is 0 Å². The van der Waals surface area contributed by atoms with Crippen molar-refractivity contribution in [3.63, 3.8) is 0 Å². The third kappa shape index (κ3) is 2.68. The van der Waals surface area contributed by atoms with Crippen LogP contribution in [0.1, 0.15) is 25.5 Å². The first-order valence-corrected chi connectivity index (χ1v) is 7.99. The van der Waals surface area contributed by atoms with Crippen molar-refractivity contribution in [2.45, 2.75) is 19.8 Å². The molecular formula is C19H18BrN. The molecular weight excluding hydrogens is 322 g/mol. The van der Waals surface area contributed by atoms with Crippen LogP contribution in [0.15, 0.2) is 71.2 Å². The summed E-state index contributed by atoms with van der Waals surface area (Å²) in [6, 6.07) is 23.4. The second kappa shape index (κ2) is 5.90. The lowest BCUT2D eigenvalue weighted by Gasteiger charge is -2.17. The summed E-state index contributed by atoms with van der Waals surface area (Å²) in [7, 11) is 0. The molecule has 0 N–H and O–H groups in total. The first-order chi connectivity index (χ1) is 10.2. The van der Waals surface area contributed by atoms with Crippen molar-refractivity contribution in [2.75, 3.05) is 0 Å². The predicted molar refractivity (Wildman–Crippen MR) is 93.0 cm³/mol. The average molecular weight is 340 g/mol. The van der Waals surface area contributed by atoms with E-state index in [2.05, 4.69) is 95.0 Å². The highest BCUT2D eigenvalue weighted by Gasteiger charge is 2.15. The van der Waals surface area contributed by atoms with Crippen LogP contribution in [0.2, 0.25) is 0 Å². The van der Waals surface area contributed by atoms with Crippen molar-refractivity contribution in [3.8, 4) is 16.9 Å². The van der Waals surface area contributed by atoms with Crippen LogP contribution in [0.5, 0.6) is 0 Å². The molecule has 3 rings (SSSR count). The predicted octanol–water partition coefficient (Wildman–Crippen LogP) is 6.03. The minimum absolute atomic E-state index is 0.467. The van der Waals surface area contributed by atoms with E-state index in [1.165, 1.54) is 22.6 Å². The first-order valence-electron chi connectivity index (χ1n) is 7.20. The van der Waals surface area contributed by atoms with Crippen LogP contribution in [-0.4, -0.2) is 4.57 Å². The monoisotopic (exact) mass is 339 g/mol. The van der Waals surface area contributed by atoms with Crippen molar-refractivity contribution < 1.29 is 0 Å². The molecule has 3 aromatic rings. The van der Waals surface area contributed by atoms with Crippen LogP contribution in [0, 0.1) is 0 Å². The Hall–Kier alpha value is -1.80. The molecule has 0 amide bonds. The number of para-hydroxylation sites is 1. The van der Waals surface area contributed by atoms with Crippen molar-refractivity contribution in [1.29, 1.82) is 0 Å². The fourth-order valence-corrected chi connectivity index (χ4v) is 3.10. The molecule has 0 radical (unpaired) electrons. The van der Waals surface area contributed by atoms with Gasteiger partial charge in [0.2, 0.25) is 0 Å². The van der Waals surface area contributed by atoms with E-state index in [4.69, 9.17) is 0 Å². The van der Waals surface area contributed by atoms with E-state index in [9.17, 15) is 0 Å². The van der Waals surface area contributed by atoms with Gasteiger partial charge in [-0.2, -0.15) is 0 Å². The van der Waals surface area contributed by atoms with Crippen LogP contribution in [0.3, 0.4) is 0 Å². The number of rotatable bonds is 3. The molecule has 0 spiro atoms. The van der Waals surface area contributed by atoms with Crippen LogP contribution >= 0.6 is 15.9 Å². The highest BCUT2D eigenvalue weighted by Crippen LogP contribution is 2.33. The molecule has 0 saturated heterocycles. The highest BCUT2D eigenvalue weighted by molar-refractivity contribution is 9.10. The van der Waals surface area contributed by atoms with Gasteiger partial charge in [0.05, 0.1) is 11.4 Å². The normalized spacial score (nSPS) is 11.0. The zero-order valence-electron chi connectivity index (χ0n) is 12.3. The molecule has 1 heterocycles. The number of benzene rings is 2. The zero-order valence-corrected chi connectivity index (χ0v) is 13.8. The summed E-state index contributed by atoms with van der Waals surface area (Å²) in [5.41, 5.74) is 4.97. The maximum absolute atomic E-state index is 3.69. The van der Waals surface area contributed by atoms with Crippen LogP contribution in [0.4, 0.5) is 0 Å². The van der Waals surface area contributed by atoms with Crippen LogP contribution in [0.25, 0.3) is 16.9 Å². The molecule has 21 heavy (non-hydrogen) atoms. The third-order valence-corrected chi connectivity index (χ3v) is 4.34. The van der Waals surface area contributed by atoms with Gasteiger partial charge in [-0.3, -0.25) is 0 Å². The largest absolute Gasteiger partial charge is 0.312 e. The van der Waals surface area contributed by atoms with E-state index in [0.29, 0.717) is 5.92 Å². The topological polar surface area (TPSA) is 4.93 Å². The van der Waals surface area contributed by atoms with Crippen molar-refractivity contribution in [3.05, 3.63) is 76.9 Å². The fourth-order valence-electron chi connectivity index (χ4n) is 2.64. The summed E-state index contributed by atoms with van der Waals surface area (Å²) >= 11 is 3.69. The van der Waals surface area contributed by atoms with Gasteiger partial charge in [-0.15, -0.1) is 0 Å². The molecule has 0 aliphatic rings. The van der Waals surface area contributed by atoms with Gasteiger partial charge in [0, 0.05) is 10.2 Å². The molecule has 1 aromatic heterocycles. The van der Waals surface area contributed by atoms with E-state index < -0.39 is 0 Å². The molecule has 0 unspecified atom stereocenters. The van der Waals surface area contributed by atoms with Gasteiger partial charge >= 0.3 is 0 Å². The number of halogens is 1. The standard InChI is InChI=1S/C19H18BrN/c1-14(2)17-12-13-18(15-8-4-3-5-9-15)21(17)19-11-7-6-10-16(19)20/h3-14H,1-2H3. The van der Waals surface area contributed by atoms with Gasteiger partial charge in [0.1, 0.15) is 0 Å². The minimum Gasteiger partial charge on any atom is -0.312 e. The summed E-state index contributed by atoms with van der Waals surface area (Å²) in [6.45, 7) is 4.47. The summed E-state index contributed by atoms with van der Waals surface area (Å²) in [5, 5.41) is 0. The van der Waals surface area contributed by atoms with Crippen molar-refractivity contribution in [2.24, 2.45) is 0 Å². The molecule has 0 fully saturated rings. The Bertz CT molecular complexity index is 741. The highest BCUT2D eigenvalue weighted by atomic mass is 79.9. The van der Waals surface area contributed by atoms with E-state index in [0.717, 1.165) is 4.47 Å². The lowest BCUT2D eigenvalue weighted by atomic mass is 10.1. The smallest absolute Gasteiger partial charge is 0.0600 e. The van der Waals surface area contributed by atoms with E-state index >= 15 is 0 Å². The molecule has 1 nitrogen and oxygen atoms in total. The number of hydrogen-bond donors (Lipinski definition) is 0. The quantitative estimate of drug-likeness (QED) is 0.548. The third-order valence-electron chi connectivity index (χ3n) is 3.67. The molecule has 0 aliphatic carbocycles. The molecule has 0 atom stereocenters. The lowest BCUT2D eigenvalue weighted by Crippen LogP contribution is -2.04. The summed E-state index contributed by atoms with van der Waals surface area (Å²) in [5.74, 6) is 0.467. The zero-order chi connectivity index (χ0) is 14.8. The fraction of sp³-hybridized carbons (Fsp3) is 0.158. The van der Waals surface area contributed by atoms with E-state index in [1.807, 2.05) is 6.07 Å². The lowest BCUT2D eigenvalue weighted by molar-refractivity contribution is 0.788. The molecule has 2 aromatic carbocycles. The Morgan fingerprint density at radius 3 is 2.14 bits per heavy atom. The van der Waals surface area contributed by atoms with Gasteiger partial charge in [-0.1, -0.05) is 56.3 Å². The summed E-state index contributed by atoms with van der Waals surface area (Å²) in [6.07, 6.45) is 0. The number of aromatic nitrogens is 1. The second-order valence-electron chi connectivity index (χ2n) is 5.45. The number of hydrogen-bond acceptors (Lipinski definition) is 0. The van der Waals surface area contributed by atoms with E-state index in [-0.39, 0.29) is 0 Å². The Balaban J connectivity index is 2.27. The Morgan fingerprint density at radius 2 is 1.48 bits per heavy atom. The maximum atomic E-state index is 3.69. The van der Waals surface area contributed by atoms with Gasteiger partial charge in [0.25, 0.3) is 0 Å². The van der Waals surface area contributed by atoms with Gasteiger partial charge in [0.15, 0.2) is 0 Å². The molecule has 106 valence electrons. The van der Waals surface area contributed by atoms with Crippen molar-refractivity contribution >= 4 is 15.9 Å². The SMILES string of the molecule is CC(C)c1ccc(-c2ccccc2)n1-c1ccccc1Br. The molecule has 0 aliphatic heterocycles.